The number of thiophene rings is 1. The molecule has 1 aromatic heterocycles. The van der Waals surface area contributed by atoms with Crippen LogP contribution >= 0.6 is 11.3 Å². The van der Waals surface area contributed by atoms with Gasteiger partial charge in [0, 0.05) is 16.0 Å². The Bertz CT molecular complexity index is 916. The van der Waals surface area contributed by atoms with E-state index in [4.69, 9.17) is 15.2 Å². The molecular formula is C20H19NO3S. The zero-order valence-electron chi connectivity index (χ0n) is 14.3. The molecule has 0 unspecified atom stereocenters. The molecule has 0 amide bonds. The lowest BCUT2D eigenvalue weighted by Gasteiger charge is -2.10. The fourth-order valence-corrected chi connectivity index (χ4v) is 3.81. The molecule has 0 bridgehead atoms. The Morgan fingerprint density at radius 1 is 1.00 bits per heavy atom. The Labute approximate surface area is 150 Å². The first kappa shape index (κ1) is 17.0. The van der Waals surface area contributed by atoms with Crippen LogP contribution in [0.5, 0.6) is 11.5 Å². The van der Waals surface area contributed by atoms with E-state index in [0.717, 1.165) is 16.0 Å². The number of aryl methyl sites for hydroxylation is 1. The smallest absolute Gasteiger partial charge is 0.196 e. The van der Waals surface area contributed by atoms with Crippen LogP contribution in [0, 0.1) is 6.92 Å². The van der Waals surface area contributed by atoms with Crippen LogP contribution in [0.3, 0.4) is 0 Å². The van der Waals surface area contributed by atoms with Crippen molar-refractivity contribution < 1.29 is 14.3 Å². The molecule has 0 aliphatic carbocycles. The monoisotopic (exact) mass is 353 g/mol. The van der Waals surface area contributed by atoms with Crippen LogP contribution in [0.25, 0.3) is 11.1 Å². The van der Waals surface area contributed by atoms with Crippen molar-refractivity contribution in [2.24, 2.45) is 0 Å². The van der Waals surface area contributed by atoms with E-state index < -0.39 is 0 Å². The number of hydrogen-bond acceptors (Lipinski definition) is 5. The average Bonchev–Trinajstić information content (AvgIpc) is 2.95. The van der Waals surface area contributed by atoms with E-state index in [1.807, 2.05) is 37.3 Å². The third kappa shape index (κ3) is 3.10. The summed E-state index contributed by atoms with van der Waals surface area (Å²) in [5.74, 6) is 0.971. The van der Waals surface area contributed by atoms with Gasteiger partial charge in [0.25, 0.3) is 0 Å². The van der Waals surface area contributed by atoms with Crippen LogP contribution < -0.4 is 15.2 Å². The van der Waals surface area contributed by atoms with Gasteiger partial charge < -0.3 is 15.2 Å². The molecule has 0 saturated carbocycles. The van der Waals surface area contributed by atoms with Crippen molar-refractivity contribution in [2.75, 3.05) is 20.0 Å². The number of methoxy groups -OCH3 is 2. The SMILES string of the molecule is COc1ccc(C(=O)c2c(N)sc(C)c2-c2ccccc2)cc1OC. The molecule has 0 fully saturated rings. The summed E-state index contributed by atoms with van der Waals surface area (Å²) in [4.78, 5) is 14.2. The number of hydrogen-bond donors (Lipinski definition) is 1. The van der Waals surface area contributed by atoms with Crippen molar-refractivity contribution in [1.29, 1.82) is 0 Å². The second-order valence-corrected chi connectivity index (χ2v) is 6.79. The van der Waals surface area contributed by atoms with E-state index >= 15 is 0 Å². The number of anilines is 1. The Kier molecular flexibility index (Phi) is 4.76. The molecule has 25 heavy (non-hydrogen) atoms. The van der Waals surface area contributed by atoms with E-state index in [2.05, 4.69) is 0 Å². The van der Waals surface area contributed by atoms with Gasteiger partial charge in [-0.05, 0) is 30.7 Å². The highest BCUT2D eigenvalue weighted by atomic mass is 32.1. The Balaban J connectivity index is 2.13. The predicted octanol–water partition coefficient (Wildman–Crippen LogP) is 4.55. The number of ketones is 1. The first-order valence-electron chi connectivity index (χ1n) is 7.77. The molecule has 0 aliphatic heterocycles. The summed E-state index contributed by atoms with van der Waals surface area (Å²) < 4.78 is 10.5. The zero-order chi connectivity index (χ0) is 18.0. The van der Waals surface area contributed by atoms with Crippen LogP contribution in [0.2, 0.25) is 0 Å². The summed E-state index contributed by atoms with van der Waals surface area (Å²) in [5, 5.41) is 0.524. The summed E-state index contributed by atoms with van der Waals surface area (Å²) in [6, 6.07) is 15.0. The number of benzene rings is 2. The van der Waals surface area contributed by atoms with E-state index in [1.54, 1.807) is 32.4 Å². The Hall–Kier alpha value is -2.79. The number of ether oxygens (including phenoxy) is 2. The lowest BCUT2D eigenvalue weighted by molar-refractivity contribution is 0.104. The summed E-state index contributed by atoms with van der Waals surface area (Å²) in [6.45, 7) is 1.98. The van der Waals surface area contributed by atoms with Gasteiger partial charge >= 0.3 is 0 Å². The minimum Gasteiger partial charge on any atom is -0.493 e. The van der Waals surface area contributed by atoms with Crippen LogP contribution in [-0.2, 0) is 0 Å². The number of nitrogens with two attached hydrogens (primary N) is 1. The third-order valence-electron chi connectivity index (χ3n) is 4.05. The Morgan fingerprint density at radius 3 is 2.32 bits per heavy atom. The highest BCUT2D eigenvalue weighted by Crippen LogP contribution is 2.40. The van der Waals surface area contributed by atoms with E-state index in [-0.39, 0.29) is 5.78 Å². The van der Waals surface area contributed by atoms with Gasteiger partial charge in [-0.25, -0.2) is 0 Å². The molecule has 0 spiro atoms. The lowest BCUT2D eigenvalue weighted by Crippen LogP contribution is -2.05. The summed E-state index contributed by atoms with van der Waals surface area (Å²) >= 11 is 1.43. The molecule has 1 heterocycles. The van der Waals surface area contributed by atoms with E-state index in [1.165, 1.54) is 11.3 Å². The highest BCUT2D eigenvalue weighted by molar-refractivity contribution is 7.16. The maximum absolute atomic E-state index is 13.2. The molecule has 0 radical (unpaired) electrons. The largest absolute Gasteiger partial charge is 0.493 e. The first-order valence-corrected chi connectivity index (χ1v) is 8.59. The van der Waals surface area contributed by atoms with Gasteiger partial charge in [0.1, 0.15) is 0 Å². The minimum absolute atomic E-state index is 0.123. The summed E-state index contributed by atoms with van der Waals surface area (Å²) in [7, 11) is 3.11. The Morgan fingerprint density at radius 2 is 1.68 bits per heavy atom. The molecule has 3 rings (SSSR count). The van der Waals surface area contributed by atoms with Crippen LogP contribution in [-0.4, -0.2) is 20.0 Å². The highest BCUT2D eigenvalue weighted by Gasteiger charge is 2.23. The maximum atomic E-state index is 13.2. The summed E-state index contributed by atoms with van der Waals surface area (Å²) in [6.07, 6.45) is 0. The fraction of sp³-hybridized carbons (Fsp3) is 0.150. The van der Waals surface area contributed by atoms with E-state index in [0.29, 0.717) is 27.6 Å². The van der Waals surface area contributed by atoms with Gasteiger partial charge in [-0.1, -0.05) is 30.3 Å². The summed E-state index contributed by atoms with van der Waals surface area (Å²) in [5.41, 5.74) is 9.12. The van der Waals surface area contributed by atoms with Crippen LogP contribution in [0.4, 0.5) is 5.00 Å². The van der Waals surface area contributed by atoms with Crippen molar-refractivity contribution in [3.05, 3.63) is 64.5 Å². The zero-order valence-corrected chi connectivity index (χ0v) is 15.1. The predicted molar refractivity (Wildman–Crippen MR) is 102 cm³/mol. The topological polar surface area (TPSA) is 61.5 Å². The van der Waals surface area contributed by atoms with Gasteiger partial charge in [0.05, 0.1) is 24.8 Å². The normalized spacial score (nSPS) is 10.5. The number of nitrogen functional groups attached to an aromatic ring is 1. The quantitative estimate of drug-likeness (QED) is 0.683. The lowest BCUT2D eigenvalue weighted by atomic mass is 9.95. The van der Waals surface area contributed by atoms with Crippen molar-refractivity contribution in [3.63, 3.8) is 0 Å². The number of carbonyl (C=O) groups is 1. The van der Waals surface area contributed by atoms with Crippen molar-refractivity contribution in [2.45, 2.75) is 6.92 Å². The molecule has 4 nitrogen and oxygen atoms in total. The molecule has 2 aromatic carbocycles. The van der Waals surface area contributed by atoms with Crippen LogP contribution in [0.15, 0.2) is 48.5 Å². The standard InChI is InChI=1S/C20H19NO3S/c1-12-17(13-7-5-4-6-8-13)18(20(21)25-12)19(22)14-9-10-15(23-2)16(11-14)24-3/h4-11H,21H2,1-3H3. The van der Waals surface area contributed by atoms with Gasteiger partial charge in [0.15, 0.2) is 17.3 Å². The fourth-order valence-electron chi connectivity index (χ4n) is 2.87. The molecule has 5 heteroatoms. The molecule has 3 aromatic rings. The van der Waals surface area contributed by atoms with E-state index in [9.17, 15) is 4.79 Å². The second-order valence-electron chi connectivity index (χ2n) is 5.54. The van der Waals surface area contributed by atoms with Gasteiger partial charge in [0.2, 0.25) is 0 Å². The van der Waals surface area contributed by atoms with Crippen molar-refractivity contribution in [3.8, 4) is 22.6 Å². The average molecular weight is 353 g/mol. The molecule has 128 valence electrons. The maximum Gasteiger partial charge on any atom is 0.196 e. The number of rotatable bonds is 5. The van der Waals surface area contributed by atoms with Gasteiger partial charge in [-0.2, -0.15) is 0 Å². The molecular weight excluding hydrogens is 334 g/mol. The van der Waals surface area contributed by atoms with Crippen molar-refractivity contribution in [1.82, 2.24) is 0 Å². The molecule has 2 N–H and O–H groups in total. The first-order chi connectivity index (χ1) is 12.1. The minimum atomic E-state index is -0.123. The van der Waals surface area contributed by atoms with Crippen molar-refractivity contribution >= 4 is 22.1 Å². The second kappa shape index (κ2) is 6.99. The van der Waals surface area contributed by atoms with Crippen LogP contribution in [0.1, 0.15) is 20.8 Å². The molecule has 0 aliphatic rings. The van der Waals surface area contributed by atoms with Gasteiger partial charge in [-0.3, -0.25) is 4.79 Å². The van der Waals surface area contributed by atoms with Gasteiger partial charge in [-0.15, -0.1) is 11.3 Å². The molecule has 0 atom stereocenters. The molecule has 0 saturated heterocycles. The number of carbonyl (C=O) groups excluding carboxylic acids is 1. The third-order valence-corrected chi connectivity index (χ3v) is 4.98.